The Kier molecular flexibility index (Phi) is 105. The molecule has 0 spiro atoms. The summed E-state index contributed by atoms with van der Waals surface area (Å²) >= 11 is 0.100. The first-order valence-corrected chi connectivity index (χ1v) is 1.39. The summed E-state index contributed by atoms with van der Waals surface area (Å²) in [5, 5.41) is 0. The average molecular weight is 476 g/mol. The maximum absolute atomic E-state index is 8.38. The normalized spacial score (nSPS) is 1.20. The summed E-state index contributed by atoms with van der Waals surface area (Å²) in [5.41, 5.74) is 0. The maximum atomic E-state index is 8.38. The van der Waals surface area contributed by atoms with Crippen molar-refractivity contribution in [1.29, 1.82) is 0 Å². The van der Waals surface area contributed by atoms with E-state index in [0.717, 1.165) is 0 Å². The Balaban J connectivity index is -0.00000000167. The van der Waals surface area contributed by atoms with Crippen molar-refractivity contribution in [3.63, 3.8) is 0 Å². The Morgan fingerprint density at radius 2 is 1.20 bits per heavy atom. The minimum atomic E-state index is 0. The quantitative estimate of drug-likeness (QED) is 0.409. The van der Waals surface area contributed by atoms with Crippen molar-refractivity contribution in [2.45, 2.75) is 0 Å². The average Bonchev–Trinajstić information content (AvgIpc) is 1.00. The molecular formula is H2BaCeOYZr. The second-order valence-corrected chi connectivity index (χ2v) is 0. The molecule has 0 aromatic rings. The van der Waals surface area contributed by atoms with Gasteiger partial charge in [-0.05, 0) is 0 Å². The largest absolute Gasteiger partial charge is 0 e. The fourth-order valence-corrected chi connectivity index (χ4v) is 0. The molecule has 0 aromatic heterocycles. The molecule has 0 amide bonds. The van der Waals surface area contributed by atoms with E-state index in [2.05, 4.69) is 0 Å². The van der Waals surface area contributed by atoms with Gasteiger partial charge >= 0.3 is 81.9 Å². The molecular weight excluding hydrogens is 474 g/mol. The molecule has 0 aromatic carbocycles. The monoisotopic (exact) mass is 475 g/mol. The Morgan fingerprint density at radius 3 is 1.20 bits per heavy atom. The molecule has 0 heterocycles. The zero-order valence-corrected chi connectivity index (χ0v) is 10.4. The van der Waals surface area contributed by atoms with Crippen molar-refractivity contribution >= 4 is 48.9 Å². The van der Waals surface area contributed by atoms with Gasteiger partial charge in [0, 0.05) is 68.0 Å². The van der Waals surface area contributed by atoms with E-state index in [9.17, 15) is 0 Å². The van der Waals surface area contributed by atoms with Gasteiger partial charge in [0.25, 0.3) is 0 Å². The van der Waals surface area contributed by atoms with Gasteiger partial charge in [0.05, 0.1) is 0 Å². The topological polar surface area (TPSA) is 17.1 Å². The Morgan fingerprint density at radius 1 is 1.20 bits per heavy atom. The van der Waals surface area contributed by atoms with Gasteiger partial charge in [0.15, 0.2) is 0 Å². The predicted molar refractivity (Wildman–Crippen MR) is 9.23 cm³/mol. The first kappa shape index (κ1) is 22.6. The molecule has 0 aliphatic rings. The van der Waals surface area contributed by atoms with Crippen LogP contribution in [0.15, 0.2) is 0 Å². The van der Waals surface area contributed by atoms with E-state index in [-0.39, 0.29) is 148 Å². The van der Waals surface area contributed by atoms with Crippen molar-refractivity contribution in [2.24, 2.45) is 0 Å². The summed E-state index contributed by atoms with van der Waals surface area (Å²) < 4.78 is 8.38. The number of hydrogen-bond acceptors (Lipinski definition) is 1. The van der Waals surface area contributed by atoms with Crippen LogP contribution in [-0.2, 0) is 59.3 Å². The molecule has 0 radical (unpaired) electrons. The summed E-state index contributed by atoms with van der Waals surface area (Å²) in [6, 6.07) is 0. The molecule has 0 rings (SSSR count). The van der Waals surface area contributed by atoms with E-state index in [4.69, 9.17) is 2.04 Å². The molecule has 21 valence electrons. The van der Waals surface area contributed by atoms with E-state index >= 15 is 0 Å². The van der Waals surface area contributed by atoms with Crippen molar-refractivity contribution in [3.05, 3.63) is 0 Å². The molecule has 0 saturated heterocycles. The van der Waals surface area contributed by atoms with Gasteiger partial charge in [-0.3, -0.25) is 0 Å². The molecule has 0 aliphatic heterocycles. The van der Waals surface area contributed by atoms with Crippen LogP contribution in [-0.4, -0.2) is 48.9 Å². The van der Waals surface area contributed by atoms with Gasteiger partial charge in [0.2, 0.25) is 0 Å². The smallest absolute Gasteiger partial charge is 0 e. The second-order valence-electron chi connectivity index (χ2n) is 0. The number of hydrogen-bond donors (Lipinski definition) is 0. The van der Waals surface area contributed by atoms with Gasteiger partial charge in [0.1, 0.15) is 0 Å². The first-order valence-electron chi connectivity index (χ1n) is 0.236. The third-order valence-electron chi connectivity index (χ3n) is 0. The standard InChI is InChI=1S/Ba.Ce.O.Y.Zr.2H. The zero-order valence-electron chi connectivity index (χ0n) is 1.99. The minimum absolute atomic E-state index is 0. The van der Waals surface area contributed by atoms with E-state index in [1.54, 1.807) is 0 Å². The second kappa shape index (κ2) is 23.3. The molecule has 0 N–H and O–H groups in total. The van der Waals surface area contributed by atoms with Gasteiger partial charge < -0.3 is 0 Å². The molecule has 0 fully saturated rings. The summed E-state index contributed by atoms with van der Waals surface area (Å²) in [6.07, 6.45) is 0. The minimum Gasteiger partial charge on any atom is 0 e. The predicted octanol–water partition coefficient (Wildman–Crippen LogP) is -1.04. The summed E-state index contributed by atoms with van der Waals surface area (Å²) in [5.74, 6) is 0. The van der Waals surface area contributed by atoms with Crippen LogP contribution in [0.1, 0.15) is 0 Å². The van der Waals surface area contributed by atoms with E-state index in [1.807, 2.05) is 0 Å². The van der Waals surface area contributed by atoms with Crippen LogP contribution in [0.25, 0.3) is 0 Å². The molecule has 5 heavy (non-hydrogen) atoms. The van der Waals surface area contributed by atoms with Crippen LogP contribution in [0.3, 0.4) is 0 Å². The van der Waals surface area contributed by atoms with Crippen LogP contribution in [0.4, 0.5) is 0 Å². The molecule has 0 bridgehead atoms. The fourth-order valence-electron chi connectivity index (χ4n) is 0. The molecule has 0 atom stereocenters. The van der Waals surface area contributed by atoms with Gasteiger partial charge in [-0.2, -0.15) is 0 Å². The van der Waals surface area contributed by atoms with E-state index < -0.39 is 0 Å². The van der Waals surface area contributed by atoms with Crippen LogP contribution in [0.5, 0.6) is 0 Å². The zero-order chi connectivity index (χ0) is 2.00. The first-order chi connectivity index (χ1) is 1.00. The van der Waals surface area contributed by atoms with Crippen LogP contribution >= 0.6 is 0 Å². The fraction of sp³-hybridized carbons (Fsp3) is 0. The SMILES string of the molecule is [BaH2].[Ce].[O]=[Y].[Zr]. The van der Waals surface area contributed by atoms with Crippen LogP contribution in [0.2, 0.25) is 0 Å². The molecule has 5 heteroatoms. The van der Waals surface area contributed by atoms with Crippen LogP contribution in [0, 0.1) is 41.7 Å². The van der Waals surface area contributed by atoms with Crippen molar-refractivity contribution < 1.29 is 101 Å². The van der Waals surface area contributed by atoms with Crippen LogP contribution < -0.4 is 0 Å². The Labute approximate surface area is 145 Å². The van der Waals surface area contributed by atoms with E-state index in [0.29, 0.717) is 0 Å². The molecule has 1 nitrogen and oxygen atoms in total. The van der Waals surface area contributed by atoms with Gasteiger partial charge in [-0.25, -0.2) is 0 Å². The van der Waals surface area contributed by atoms with Crippen molar-refractivity contribution in [2.75, 3.05) is 0 Å². The van der Waals surface area contributed by atoms with Gasteiger partial charge in [-0.1, -0.05) is 0 Å². The third kappa shape index (κ3) is 17.7. The molecule has 0 aliphatic carbocycles. The van der Waals surface area contributed by atoms with Gasteiger partial charge in [-0.15, -0.1) is 0 Å². The van der Waals surface area contributed by atoms with Crippen molar-refractivity contribution in [3.8, 4) is 0 Å². The molecule has 0 unspecified atom stereocenters. The molecule has 0 saturated carbocycles. The van der Waals surface area contributed by atoms with Crippen molar-refractivity contribution in [1.82, 2.24) is 0 Å². The third-order valence-corrected chi connectivity index (χ3v) is 0. The Bertz CT molecular complexity index is 11.6. The maximum Gasteiger partial charge on any atom is 0 e. The summed E-state index contributed by atoms with van der Waals surface area (Å²) in [6.45, 7) is 0. The summed E-state index contributed by atoms with van der Waals surface area (Å²) in [7, 11) is 0. The number of rotatable bonds is 0. The Hall–Kier alpha value is 4.74. The summed E-state index contributed by atoms with van der Waals surface area (Å²) in [4.78, 5) is 0. The van der Waals surface area contributed by atoms with E-state index in [1.165, 1.54) is 0 Å².